The van der Waals surface area contributed by atoms with Crippen LogP contribution in [0.15, 0.2) is 24.4 Å². The summed E-state index contributed by atoms with van der Waals surface area (Å²) in [5.41, 5.74) is 2.82. The predicted molar refractivity (Wildman–Crippen MR) is 58.8 cm³/mol. The number of hydrogen-bond acceptors (Lipinski definition) is 1. The van der Waals surface area contributed by atoms with E-state index in [4.69, 9.17) is 23.2 Å². The maximum absolute atomic E-state index is 6.06. The molecule has 2 nitrogen and oxygen atoms in total. The molecule has 0 radical (unpaired) electrons. The molecule has 0 saturated heterocycles. The summed E-state index contributed by atoms with van der Waals surface area (Å²) >= 11 is 12.0. The highest BCUT2D eigenvalue weighted by Gasteiger charge is 2.07. The van der Waals surface area contributed by atoms with Gasteiger partial charge >= 0.3 is 0 Å². The first-order valence-corrected chi connectivity index (χ1v) is 4.89. The van der Waals surface area contributed by atoms with Crippen molar-refractivity contribution < 1.29 is 0 Å². The molecular formula is C10H8Cl2N2. The van der Waals surface area contributed by atoms with Gasteiger partial charge in [0.1, 0.15) is 0 Å². The summed E-state index contributed by atoms with van der Waals surface area (Å²) in [5, 5.41) is 8.05. The zero-order valence-corrected chi connectivity index (χ0v) is 9.02. The first-order chi connectivity index (χ1) is 6.68. The average molecular weight is 227 g/mol. The van der Waals surface area contributed by atoms with Crippen LogP contribution in [0.4, 0.5) is 0 Å². The zero-order chi connectivity index (χ0) is 10.1. The Hall–Kier alpha value is -0.990. The Bertz CT molecular complexity index is 449. The van der Waals surface area contributed by atoms with Crippen molar-refractivity contribution in [3.05, 3.63) is 40.0 Å². The lowest BCUT2D eigenvalue weighted by molar-refractivity contribution is 1.09. The van der Waals surface area contributed by atoms with E-state index < -0.39 is 0 Å². The smallest absolute Gasteiger partial charge is 0.0665 e. The number of aromatic amines is 1. The quantitative estimate of drug-likeness (QED) is 0.790. The van der Waals surface area contributed by atoms with E-state index in [1.165, 1.54) is 0 Å². The molecule has 2 aromatic rings. The summed E-state index contributed by atoms with van der Waals surface area (Å²) in [5.74, 6) is 0. The molecule has 0 aliphatic rings. The minimum absolute atomic E-state index is 0.629. The highest BCUT2D eigenvalue weighted by Crippen LogP contribution is 2.31. The van der Waals surface area contributed by atoms with Gasteiger partial charge in [0.25, 0.3) is 0 Å². The summed E-state index contributed by atoms with van der Waals surface area (Å²) in [6.45, 7) is 1.94. The van der Waals surface area contributed by atoms with Crippen molar-refractivity contribution in [1.82, 2.24) is 10.2 Å². The number of benzene rings is 1. The van der Waals surface area contributed by atoms with E-state index in [0.717, 1.165) is 16.8 Å². The average Bonchev–Trinajstić information content (AvgIpc) is 2.64. The molecule has 0 aliphatic heterocycles. The third-order valence-corrected chi connectivity index (χ3v) is 2.76. The van der Waals surface area contributed by atoms with Crippen LogP contribution in [0.25, 0.3) is 11.3 Å². The minimum atomic E-state index is 0.629. The van der Waals surface area contributed by atoms with Gasteiger partial charge in [0.2, 0.25) is 0 Å². The van der Waals surface area contributed by atoms with Crippen LogP contribution in [0.5, 0.6) is 0 Å². The second kappa shape index (κ2) is 3.64. The largest absolute Gasteiger partial charge is 0.278 e. The summed E-state index contributed by atoms with van der Waals surface area (Å²) in [7, 11) is 0. The Labute approximate surface area is 91.9 Å². The number of aryl methyl sites for hydroxylation is 1. The van der Waals surface area contributed by atoms with Gasteiger partial charge in [0.05, 0.1) is 10.7 Å². The van der Waals surface area contributed by atoms with Crippen molar-refractivity contribution in [3.8, 4) is 11.3 Å². The van der Waals surface area contributed by atoms with E-state index in [1.807, 2.05) is 19.1 Å². The molecule has 0 saturated carbocycles. The molecule has 72 valence electrons. The van der Waals surface area contributed by atoms with Crippen LogP contribution in [0.2, 0.25) is 10.0 Å². The molecule has 1 N–H and O–H groups in total. The standard InChI is InChI=1S/C10H8Cl2N2/c1-6-4-7(9(12)5-8(6)11)10-2-3-13-14-10/h2-5H,1H3,(H,13,14). The summed E-state index contributed by atoms with van der Waals surface area (Å²) < 4.78 is 0. The maximum Gasteiger partial charge on any atom is 0.0665 e. The van der Waals surface area contributed by atoms with Crippen LogP contribution in [0.3, 0.4) is 0 Å². The topological polar surface area (TPSA) is 28.7 Å². The molecule has 0 amide bonds. The number of hydrogen-bond donors (Lipinski definition) is 1. The fourth-order valence-corrected chi connectivity index (χ4v) is 1.75. The van der Waals surface area contributed by atoms with Crippen molar-refractivity contribution in [2.75, 3.05) is 0 Å². The first kappa shape index (κ1) is 9.56. The molecule has 14 heavy (non-hydrogen) atoms. The molecule has 0 aliphatic carbocycles. The van der Waals surface area contributed by atoms with Crippen LogP contribution in [0, 0.1) is 6.92 Å². The fraction of sp³-hybridized carbons (Fsp3) is 0.100. The van der Waals surface area contributed by atoms with Crippen molar-refractivity contribution in [2.45, 2.75) is 6.92 Å². The van der Waals surface area contributed by atoms with E-state index in [0.29, 0.717) is 10.0 Å². The van der Waals surface area contributed by atoms with E-state index >= 15 is 0 Å². The van der Waals surface area contributed by atoms with Crippen LogP contribution in [-0.4, -0.2) is 10.2 Å². The van der Waals surface area contributed by atoms with Crippen LogP contribution < -0.4 is 0 Å². The Morgan fingerprint density at radius 3 is 2.64 bits per heavy atom. The molecule has 4 heteroatoms. The Balaban J connectivity index is 2.60. The van der Waals surface area contributed by atoms with Gasteiger partial charge in [-0.05, 0) is 30.7 Å². The van der Waals surface area contributed by atoms with E-state index in [2.05, 4.69) is 10.2 Å². The van der Waals surface area contributed by atoms with Crippen LogP contribution >= 0.6 is 23.2 Å². The lowest BCUT2D eigenvalue weighted by Gasteiger charge is -2.04. The Kier molecular flexibility index (Phi) is 2.48. The normalized spacial score (nSPS) is 10.5. The number of nitrogens with zero attached hydrogens (tertiary/aromatic N) is 1. The minimum Gasteiger partial charge on any atom is -0.278 e. The molecule has 0 spiro atoms. The summed E-state index contributed by atoms with van der Waals surface area (Å²) in [6.07, 6.45) is 1.69. The summed E-state index contributed by atoms with van der Waals surface area (Å²) in [6, 6.07) is 5.56. The highest BCUT2D eigenvalue weighted by atomic mass is 35.5. The molecule has 0 fully saturated rings. The third kappa shape index (κ3) is 1.63. The highest BCUT2D eigenvalue weighted by molar-refractivity contribution is 6.36. The van der Waals surface area contributed by atoms with Crippen molar-refractivity contribution >= 4 is 23.2 Å². The van der Waals surface area contributed by atoms with Crippen LogP contribution in [-0.2, 0) is 0 Å². The number of aromatic nitrogens is 2. The van der Waals surface area contributed by atoms with Crippen molar-refractivity contribution in [3.63, 3.8) is 0 Å². The molecule has 0 bridgehead atoms. The van der Waals surface area contributed by atoms with Gasteiger partial charge < -0.3 is 0 Å². The maximum atomic E-state index is 6.06. The summed E-state index contributed by atoms with van der Waals surface area (Å²) in [4.78, 5) is 0. The van der Waals surface area contributed by atoms with Gasteiger partial charge in [0, 0.05) is 16.8 Å². The Morgan fingerprint density at radius 2 is 2.00 bits per heavy atom. The van der Waals surface area contributed by atoms with Gasteiger partial charge in [-0.2, -0.15) is 5.10 Å². The van der Waals surface area contributed by atoms with E-state index in [-0.39, 0.29) is 0 Å². The number of halogens is 2. The van der Waals surface area contributed by atoms with Gasteiger partial charge in [-0.25, -0.2) is 0 Å². The van der Waals surface area contributed by atoms with Gasteiger partial charge in [-0.1, -0.05) is 23.2 Å². The second-order valence-electron chi connectivity index (χ2n) is 3.05. The van der Waals surface area contributed by atoms with Gasteiger partial charge in [-0.15, -0.1) is 0 Å². The molecule has 1 aromatic carbocycles. The molecule has 0 atom stereocenters. The molecule has 1 aromatic heterocycles. The SMILES string of the molecule is Cc1cc(-c2ccn[nH]2)c(Cl)cc1Cl. The van der Waals surface area contributed by atoms with Crippen molar-refractivity contribution in [1.29, 1.82) is 0 Å². The zero-order valence-electron chi connectivity index (χ0n) is 7.51. The first-order valence-electron chi connectivity index (χ1n) is 4.14. The fourth-order valence-electron chi connectivity index (χ4n) is 1.27. The second-order valence-corrected chi connectivity index (χ2v) is 3.87. The molecule has 1 heterocycles. The third-order valence-electron chi connectivity index (χ3n) is 2.04. The van der Waals surface area contributed by atoms with E-state index in [1.54, 1.807) is 12.3 Å². The molecular weight excluding hydrogens is 219 g/mol. The lowest BCUT2D eigenvalue weighted by Crippen LogP contribution is -1.83. The Morgan fingerprint density at radius 1 is 1.21 bits per heavy atom. The molecule has 0 unspecified atom stereocenters. The van der Waals surface area contributed by atoms with Gasteiger partial charge in [-0.3, -0.25) is 5.10 Å². The molecule has 2 rings (SSSR count). The van der Waals surface area contributed by atoms with E-state index in [9.17, 15) is 0 Å². The number of H-pyrrole nitrogens is 1. The van der Waals surface area contributed by atoms with Gasteiger partial charge in [0.15, 0.2) is 0 Å². The number of nitrogens with one attached hydrogen (secondary N) is 1. The lowest BCUT2D eigenvalue weighted by atomic mass is 10.1. The number of rotatable bonds is 1. The predicted octanol–water partition coefficient (Wildman–Crippen LogP) is 3.69. The van der Waals surface area contributed by atoms with Crippen molar-refractivity contribution in [2.24, 2.45) is 0 Å². The van der Waals surface area contributed by atoms with Crippen LogP contribution in [0.1, 0.15) is 5.56 Å². The monoisotopic (exact) mass is 226 g/mol.